The molecule has 2 atom stereocenters. The summed E-state index contributed by atoms with van der Waals surface area (Å²) in [6, 6.07) is 15.6. The van der Waals surface area contributed by atoms with Crippen molar-refractivity contribution in [2.75, 3.05) is 0 Å². The van der Waals surface area contributed by atoms with Crippen LogP contribution in [0.25, 0.3) is 31.9 Å². The number of fused-ring (bicyclic) bond motifs is 1. The van der Waals surface area contributed by atoms with Crippen molar-refractivity contribution in [3.05, 3.63) is 54.1 Å². The topological polar surface area (TPSA) is 121 Å². The molecule has 1 amide bonds. The van der Waals surface area contributed by atoms with Crippen LogP contribution in [0.15, 0.2) is 48.5 Å². The zero-order valence-corrected chi connectivity index (χ0v) is 20.8. The van der Waals surface area contributed by atoms with Gasteiger partial charge in [-0.25, -0.2) is 4.79 Å². The van der Waals surface area contributed by atoms with Crippen LogP contribution in [0.1, 0.15) is 39.2 Å². The first-order chi connectivity index (χ1) is 16.9. The van der Waals surface area contributed by atoms with Gasteiger partial charge in [0.25, 0.3) is 0 Å². The summed E-state index contributed by atoms with van der Waals surface area (Å²) < 4.78 is 1.17. The van der Waals surface area contributed by atoms with Gasteiger partial charge in [-0.15, -0.1) is 21.5 Å². The second-order valence-electron chi connectivity index (χ2n) is 9.05. The van der Waals surface area contributed by atoms with E-state index >= 15 is 0 Å². The fraction of sp³-hybridized carbons (Fsp3) is 0.346. The number of hydrogen-bond acceptors (Lipinski definition) is 6. The Hall–Kier alpha value is -3.59. The lowest BCUT2D eigenvalue weighted by atomic mass is 9.92. The van der Waals surface area contributed by atoms with Crippen LogP contribution >= 0.6 is 11.3 Å². The summed E-state index contributed by atoms with van der Waals surface area (Å²) >= 11 is 1.72. The smallest absolute Gasteiger partial charge is 0.326 e. The number of nitrogens with zero attached hydrogens (tertiary/aromatic N) is 3. The summed E-state index contributed by atoms with van der Waals surface area (Å²) in [6.07, 6.45) is 2.13. The van der Waals surface area contributed by atoms with Gasteiger partial charge in [0, 0.05) is 21.1 Å². The number of tetrazole rings is 1. The van der Waals surface area contributed by atoms with Gasteiger partial charge in [-0.3, -0.25) is 4.79 Å². The highest BCUT2D eigenvalue weighted by atomic mass is 32.1. The number of carbonyl (C=O) groups excluding carboxylic acids is 1. The Kier molecular flexibility index (Phi) is 7.55. The van der Waals surface area contributed by atoms with E-state index in [0.717, 1.165) is 33.4 Å². The summed E-state index contributed by atoms with van der Waals surface area (Å²) in [7, 11) is 0. The minimum absolute atomic E-state index is 0.180. The van der Waals surface area contributed by atoms with E-state index < -0.39 is 12.0 Å². The number of thiophene rings is 1. The normalized spacial score (nSPS) is 13.1. The molecular formula is C26H29N5O3S. The monoisotopic (exact) mass is 491 g/mol. The summed E-state index contributed by atoms with van der Waals surface area (Å²) in [5, 5.41) is 27.4. The minimum Gasteiger partial charge on any atom is -0.480 e. The standard InChI is InChI=1S/C26H29N5O3S/c1-4-5-19(25(32)27-23(15(2)3)26(33)34)12-16-6-11-21-20(13-16)14-22(35-21)17-7-9-18(10-8-17)24-28-30-31-29-24/h6-11,13-15,19,23H,4-5,12H2,1-3H3,(H,27,32)(H,33,34)(H,28,29,30,31). The van der Waals surface area contributed by atoms with Gasteiger partial charge in [-0.2, -0.15) is 5.21 Å². The van der Waals surface area contributed by atoms with E-state index in [-0.39, 0.29) is 17.7 Å². The Morgan fingerprint density at radius 2 is 1.83 bits per heavy atom. The molecule has 0 aliphatic rings. The molecule has 182 valence electrons. The number of carboxylic acids is 1. The van der Waals surface area contributed by atoms with Crippen LogP contribution in [0.3, 0.4) is 0 Å². The Balaban J connectivity index is 1.51. The second-order valence-corrected chi connectivity index (χ2v) is 10.1. The molecule has 2 aromatic heterocycles. The first-order valence-corrected chi connectivity index (χ1v) is 12.6. The van der Waals surface area contributed by atoms with Gasteiger partial charge in [-0.05, 0) is 52.6 Å². The van der Waals surface area contributed by atoms with Gasteiger partial charge in [-0.1, -0.05) is 63.6 Å². The number of H-pyrrole nitrogens is 1. The first-order valence-electron chi connectivity index (χ1n) is 11.8. The van der Waals surface area contributed by atoms with E-state index in [4.69, 9.17) is 0 Å². The number of carbonyl (C=O) groups is 2. The highest BCUT2D eigenvalue weighted by molar-refractivity contribution is 7.22. The van der Waals surface area contributed by atoms with Crippen molar-refractivity contribution in [3.8, 4) is 21.8 Å². The molecule has 0 aliphatic heterocycles. The third kappa shape index (κ3) is 5.74. The van der Waals surface area contributed by atoms with E-state index in [1.807, 2.05) is 31.2 Å². The molecule has 0 spiro atoms. The zero-order chi connectivity index (χ0) is 24.9. The summed E-state index contributed by atoms with van der Waals surface area (Å²) in [5.74, 6) is -1.08. The third-order valence-electron chi connectivity index (χ3n) is 6.07. The number of rotatable bonds is 10. The summed E-state index contributed by atoms with van der Waals surface area (Å²) in [4.78, 5) is 25.6. The average molecular weight is 492 g/mol. The van der Waals surface area contributed by atoms with Crippen molar-refractivity contribution in [3.63, 3.8) is 0 Å². The average Bonchev–Trinajstić information content (AvgIpc) is 3.52. The predicted octanol–water partition coefficient (Wildman–Crippen LogP) is 4.93. The molecule has 4 aromatic rings. The van der Waals surface area contributed by atoms with E-state index in [9.17, 15) is 14.7 Å². The van der Waals surface area contributed by atoms with Gasteiger partial charge < -0.3 is 10.4 Å². The maximum atomic E-state index is 12.9. The quantitative estimate of drug-likeness (QED) is 0.289. The van der Waals surface area contributed by atoms with Gasteiger partial charge in [0.05, 0.1) is 0 Å². The number of benzene rings is 2. The van der Waals surface area contributed by atoms with Gasteiger partial charge >= 0.3 is 5.97 Å². The maximum Gasteiger partial charge on any atom is 0.326 e. The van der Waals surface area contributed by atoms with Crippen LogP contribution in [0.2, 0.25) is 0 Å². The number of aromatic amines is 1. The lowest BCUT2D eigenvalue weighted by Crippen LogP contribution is -2.47. The number of amides is 1. The van der Waals surface area contributed by atoms with Gasteiger partial charge in [0.15, 0.2) is 0 Å². The van der Waals surface area contributed by atoms with Crippen LogP contribution in [-0.4, -0.2) is 43.6 Å². The van der Waals surface area contributed by atoms with E-state index in [1.54, 1.807) is 25.2 Å². The molecule has 8 nitrogen and oxygen atoms in total. The van der Waals surface area contributed by atoms with Crippen LogP contribution in [0, 0.1) is 11.8 Å². The molecule has 35 heavy (non-hydrogen) atoms. The Morgan fingerprint density at radius 1 is 1.09 bits per heavy atom. The molecular weight excluding hydrogens is 462 g/mol. The molecule has 0 saturated heterocycles. The third-order valence-corrected chi connectivity index (χ3v) is 7.24. The SMILES string of the molecule is CCCC(Cc1ccc2sc(-c3ccc(-c4nn[nH]n4)cc3)cc2c1)C(=O)NC(C(=O)O)C(C)C. The molecule has 0 fully saturated rings. The number of aromatic nitrogens is 4. The highest BCUT2D eigenvalue weighted by Gasteiger charge is 2.27. The van der Waals surface area contributed by atoms with Crippen LogP contribution < -0.4 is 5.32 Å². The second kappa shape index (κ2) is 10.8. The molecule has 0 bridgehead atoms. The largest absolute Gasteiger partial charge is 0.480 e. The van der Waals surface area contributed by atoms with Crippen molar-refractivity contribution in [1.82, 2.24) is 25.9 Å². The fourth-order valence-electron chi connectivity index (χ4n) is 4.17. The number of aliphatic carboxylic acids is 1. The van der Waals surface area contributed by atoms with Gasteiger partial charge in [0.1, 0.15) is 6.04 Å². The molecule has 0 saturated carbocycles. The molecule has 2 unspecified atom stereocenters. The Bertz CT molecular complexity index is 1300. The van der Waals surface area contributed by atoms with E-state index in [0.29, 0.717) is 18.7 Å². The molecule has 4 rings (SSSR count). The molecule has 2 heterocycles. The molecule has 2 aromatic carbocycles. The molecule has 0 aliphatic carbocycles. The van der Waals surface area contributed by atoms with E-state index in [1.165, 1.54) is 4.70 Å². The molecule has 9 heteroatoms. The number of carboxylic acid groups (broad SMARTS) is 1. The predicted molar refractivity (Wildman–Crippen MR) is 137 cm³/mol. The fourth-order valence-corrected chi connectivity index (χ4v) is 5.22. The van der Waals surface area contributed by atoms with Crippen molar-refractivity contribution in [2.45, 2.75) is 46.1 Å². The molecule has 3 N–H and O–H groups in total. The van der Waals surface area contributed by atoms with Crippen molar-refractivity contribution in [1.29, 1.82) is 0 Å². The van der Waals surface area contributed by atoms with Crippen molar-refractivity contribution in [2.24, 2.45) is 11.8 Å². The minimum atomic E-state index is -0.999. The van der Waals surface area contributed by atoms with Crippen molar-refractivity contribution >= 4 is 33.3 Å². The van der Waals surface area contributed by atoms with Crippen LogP contribution in [0.4, 0.5) is 0 Å². The van der Waals surface area contributed by atoms with Crippen LogP contribution in [0.5, 0.6) is 0 Å². The number of nitrogens with one attached hydrogen (secondary N) is 2. The lowest BCUT2D eigenvalue weighted by molar-refractivity contribution is -0.143. The lowest BCUT2D eigenvalue weighted by Gasteiger charge is -2.22. The Labute approximate surface area is 207 Å². The first kappa shape index (κ1) is 24.5. The highest BCUT2D eigenvalue weighted by Crippen LogP contribution is 2.35. The maximum absolute atomic E-state index is 12.9. The molecule has 0 radical (unpaired) electrons. The zero-order valence-electron chi connectivity index (χ0n) is 20.0. The number of hydrogen-bond donors (Lipinski definition) is 3. The summed E-state index contributed by atoms with van der Waals surface area (Å²) in [5.41, 5.74) is 3.07. The Morgan fingerprint density at radius 3 is 2.46 bits per heavy atom. The van der Waals surface area contributed by atoms with Crippen molar-refractivity contribution < 1.29 is 14.7 Å². The van der Waals surface area contributed by atoms with E-state index in [2.05, 4.69) is 50.2 Å². The van der Waals surface area contributed by atoms with Crippen LogP contribution in [-0.2, 0) is 16.0 Å². The summed E-state index contributed by atoms with van der Waals surface area (Å²) in [6.45, 7) is 5.64. The van der Waals surface area contributed by atoms with Gasteiger partial charge in [0.2, 0.25) is 11.7 Å².